The van der Waals surface area contributed by atoms with Crippen molar-refractivity contribution >= 4 is 22.8 Å². The van der Waals surface area contributed by atoms with Crippen molar-refractivity contribution in [2.24, 2.45) is 0 Å². The van der Waals surface area contributed by atoms with E-state index < -0.39 is 0 Å². The number of anilines is 1. The molecular weight excluding hydrogens is 392 g/mol. The van der Waals surface area contributed by atoms with E-state index in [1.165, 1.54) is 11.8 Å². The number of rotatable bonds is 3. The Morgan fingerprint density at radius 3 is 2.61 bits per heavy atom. The number of aryl methyl sites for hydroxylation is 2. The quantitative estimate of drug-likeness (QED) is 0.537. The molecule has 0 spiro atoms. The minimum Gasteiger partial charge on any atom is -0.323 e. The molecule has 2 aromatic carbocycles. The van der Waals surface area contributed by atoms with Gasteiger partial charge in [-0.25, -0.2) is 14.5 Å². The van der Waals surface area contributed by atoms with Gasteiger partial charge in [-0.2, -0.15) is 5.10 Å². The number of aromatic nitrogens is 4. The van der Waals surface area contributed by atoms with Crippen LogP contribution in [-0.2, 0) is 0 Å². The van der Waals surface area contributed by atoms with Crippen molar-refractivity contribution in [1.29, 1.82) is 0 Å². The van der Waals surface area contributed by atoms with E-state index in [2.05, 4.69) is 20.4 Å². The van der Waals surface area contributed by atoms with Crippen LogP contribution in [0.5, 0.6) is 0 Å². The highest BCUT2D eigenvalue weighted by Crippen LogP contribution is 2.26. The first-order chi connectivity index (χ1) is 15.0. The molecule has 156 valence electrons. The van der Waals surface area contributed by atoms with E-state index >= 15 is 0 Å². The maximum absolute atomic E-state index is 12.6. The molecule has 0 saturated carbocycles. The van der Waals surface area contributed by atoms with E-state index in [0.29, 0.717) is 29.9 Å². The number of hydrogen-bond acceptors (Lipinski definition) is 4. The van der Waals surface area contributed by atoms with Gasteiger partial charge in [0.2, 0.25) is 0 Å². The minimum atomic E-state index is -0.222. The summed E-state index contributed by atoms with van der Waals surface area (Å²) in [5.74, 6) is 0.548. The molecule has 4 aromatic rings. The van der Waals surface area contributed by atoms with Crippen molar-refractivity contribution in [3.05, 3.63) is 82.0 Å². The molecule has 0 atom stereocenters. The predicted molar refractivity (Wildman–Crippen MR) is 119 cm³/mol. The Bertz CT molecular complexity index is 1340. The number of fused-ring (bicyclic) bond motifs is 1. The van der Waals surface area contributed by atoms with Crippen LogP contribution in [-0.4, -0.2) is 43.8 Å². The molecule has 3 heterocycles. The van der Waals surface area contributed by atoms with Gasteiger partial charge < -0.3 is 15.2 Å². The number of carbonyl (C=O) groups is 1. The molecule has 2 amide bonds. The number of likely N-dealkylation sites (tertiary alicyclic amines) is 1. The Morgan fingerprint density at radius 1 is 1.10 bits per heavy atom. The van der Waals surface area contributed by atoms with E-state index in [9.17, 15) is 9.59 Å². The van der Waals surface area contributed by atoms with Gasteiger partial charge in [0.1, 0.15) is 11.2 Å². The normalized spacial score (nSPS) is 13.9. The zero-order valence-electron chi connectivity index (χ0n) is 17.3. The first-order valence-electron chi connectivity index (χ1n) is 10.2. The second kappa shape index (κ2) is 7.39. The Balaban J connectivity index is 1.34. The third-order valence-corrected chi connectivity index (χ3v) is 5.77. The summed E-state index contributed by atoms with van der Waals surface area (Å²) in [6.07, 6.45) is 1.53. The highest BCUT2D eigenvalue weighted by molar-refractivity contribution is 5.90. The number of carbonyl (C=O) groups excluding carboxylic acids is 1. The maximum Gasteiger partial charge on any atom is 0.321 e. The smallest absolute Gasteiger partial charge is 0.321 e. The number of benzene rings is 2. The van der Waals surface area contributed by atoms with Crippen LogP contribution in [0.3, 0.4) is 0 Å². The fourth-order valence-corrected chi connectivity index (χ4v) is 3.73. The van der Waals surface area contributed by atoms with E-state index in [1.54, 1.807) is 9.58 Å². The Kier molecular flexibility index (Phi) is 4.54. The standard InChI is InChI=1S/C23H22N6O2/c1-14-8-9-17(10-15(14)2)25-23(31)28-12-16(13-28)20-26-21-19(22(30)27-20)11-24-29(21)18-6-4-3-5-7-18/h3-11,16H,12-13H2,1-2H3,(H,25,31)(H,26,27,30). The van der Waals surface area contributed by atoms with Crippen LogP contribution in [0.2, 0.25) is 0 Å². The third-order valence-electron chi connectivity index (χ3n) is 5.77. The number of hydrogen-bond donors (Lipinski definition) is 2. The summed E-state index contributed by atoms with van der Waals surface area (Å²) < 4.78 is 1.66. The number of amides is 2. The van der Waals surface area contributed by atoms with E-state index in [1.807, 2.05) is 62.4 Å². The monoisotopic (exact) mass is 414 g/mol. The van der Waals surface area contributed by atoms with Gasteiger partial charge in [-0.3, -0.25) is 4.79 Å². The van der Waals surface area contributed by atoms with Gasteiger partial charge in [-0.05, 0) is 49.2 Å². The van der Waals surface area contributed by atoms with E-state index in [4.69, 9.17) is 0 Å². The number of para-hydroxylation sites is 1. The van der Waals surface area contributed by atoms with Crippen LogP contribution < -0.4 is 10.9 Å². The average molecular weight is 414 g/mol. The molecular formula is C23H22N6O2. The second-order valence-corrected chi connectivity index (χ2v) is 7.91. The lowest BCUT2D eigenvalue weighted by atomic mass is 9.99. The van der Waals surface area contributed by atoms with Gasteiger partial charge in [0.05, 0.1) is 17.8 Å². The van der Waals surface area contributed by atoms with Crippen LogP contribution in [0.15, 0.2) is 59.5 Å². The van der Waals surface area contributed by atoms with Crippen LogP contribution in [0.4, 0.5) is 10.5 Å². The fourth-order valence-electron chi connectivity index (χ4n) is 3.73. The van der Waals surface area contributed by atoms with Crippen molar-refractivity contribution in [2.75, 3.05) is 18.4 Å². The molecule has 0 bridgehead atoms. The van der Waals surface area contributed by atoms with E-state index in [-0.39, 0.29) is 17.5 Å². The molecule has 0 unspecified atom stereocenters. The number of H-pyrrole nitrogens is 1. The number of urea groups is 1. The minimum absolute atomic E-state index is 0.0262. The molecule has 0 radical (unpaired) electrons. The summed E-state index contributed by atoms with van der Waals surface area (Å²) in [6, 6.07) is 15.3. The number of nitrogens with one attached hydrogen (secondary N) is 2. The SMILES string of the molecule is Cc1ccc(NC(=O)N2CC(c3nc4c(cnn4-c4ccccc4)c(=O)[nH]3)C2)cc1C. The molecule has 8 nitrogen and oxygen atoms in total. The molecule has 0 aliphatic carbocycles. The highest BCUT2D eigenvalue weighted by Gasteiger charge is 2.34. The lowest BCUT2D eigenvalue weighted by Gasteiger charge is -2.38. The summed E-state index contributed by atoms with van der Waals surface area (Å²) in [5.41, 5.74) is 4.22. The average Bonchev–Trinajstić information content (AvgIpc) is 3.15. The van der Waals surface area contributed by atoms with Crippen molar-refractivity contribution in [3.8, 4) is 5.69 Å². The maximum atomic E-state index is 12.6. The molecule has 1 saturated heterocycles. The molecule has 2 aromatic heterocycles. The lowest BCUT2D eigenvalue weighted by molar-refractivity contribution is 0.161. The van der Waals surface area contributed by atoms with Crippen molar-refractivity contribution < 1.29 is 4.79 Å². The Morgan fingerprint density at radius 2 is 1.87 bits per heavy atom. The summed E-state index contributed by atoms with van der Waals surface area (Å²) in [7, 11) is 0. The molecule has 1 aliphatic rings. The van der Waals surface area contributed by atoms with Gasteiger partial charge in [0.25, 0.3) is 5.56 Å². The molecule has 5 rings (SSSR count). The van der Waals surface area contributed by atoms with Crippen LogP contribution >= 0.6 is 0 Å². The summed E-state index contributed by atoms with van der Waals surface area (Å²) >= 11 is 0. The van der Waals surface area contributed by atoms with Crippen LogP contribution in [0, 0.1) is 13.8 Å². The molecule has 1 aliphatic heterocycles. The van der Waals surface area contributed by atoms with Crippen molar-refractivity contribution in [2.45, 2.75) is 19.8 Å². The zero-order valence-corrected chi connectivity index (χ0v) is 17.3. The molecule has 2 N–H and O–H groups in total. The van der Waals surface area contributed by atoms with Gasteiger partial charge in [-0.1, -0.05) is 24.3 Å². The Hall–Kier alpha value is -3.94. The summed E-state index contributed by atoms with van der Waals surface area (Å²) in [5, 5.41) is 7.71. The second-order valence-electron chi connectivity index (χ2n) is 7.91. The number of aromatic amines is 1. The highest BCUT2D eigenvalue weighted by atomic mass is 16.2. The topological polar surface area (TPSA) is 95.9 Å². The first kappa shape index (κ1) is 19.0. The van der Waals surface area contributed by atoms with E-state index in [0.717, 1.165) is 16.9 Å². The van der Waals surface area contributed by atoms with Gasteiger partial charge in [-0.15, -0.1) is 0 Å². The van der Waals surface area contributed by atoms with Crippen molar-refractivity contribution in [3.63, 3.8) is 0 Å². The van der Waals surface area contributed by atoms with Gasteiger partial charge >= 0.3 is 6.03 Å². The predicted octanol–water partition coefficient (Wildman–Crippen LogP) is 3.36. The van der Waals surface area contributed by atoms with Gasteiger partial charge in [0.15, 0.2) is 5.65 Å². The molecule has 8 heteroatoms. The molecule has 1 fully saturated rings. The zero-order chi connectivity index (χ0) is 21.5. The van der Waals surface area contributed by atoms with Crippen molar-refractivity contribution in [1.82, 2.24) is 24.6 Å². The summed E-state index contributed by atoms with van der Waals surface area (Å²) in [4.78, 5) is 34.4. The first-order valence-corrected chi connectivity index (χ1v) is 10.2. The molecule has 31 heavy (non-hydrogen) atoms. The van der Waals surface area contributed by atoms with Crippen LogP contribution in [0.1, 0.15) is 22.9 Å². The van der Waals surface area contributed by atoms with Gasteiger partial charge in [0, 0.05) is 18.8 Å². The van der Waals surface area contributed by atoms with Crippen LogP contribution in [0.25, 0.3) is 16.7 Å². The number of nitrogens with zero attached hydrogens (tertiary/aromatic N) is 4. The fraction of sp³-hybridized carbons (Fsp3) is 0.217. The summed E-state index contributed by atoms with van der Waals surface area (Å²) in [6.45, 7) is 5.04. The third kappa shape index (κ3) is 3.46. The largest absolute Gasteiger partial charge is 0.323 e. The Labute approximate surface area is 178 Å². The lowest BCUT2D eigenvalue weighted by Crippen LogP contribution is -2.51.